The molecule has 122 valence electrons. The molecule has 0 saturated heterocycles. The number of aliphatic imine (C=N–C) groups is 1. The van der Waals surface area contributed by atoms with Crippen molar-refractivity contribution in [2.24, 2.45) is 10.7 Å². The molecule has 2 amide bonds. The first-order valence-electron chi connectivity index (χ1n) is 7.40. The van der Waals surface area contributed by atoms with Gasteiger partial charge in [-0.2, -0.15) is 5.06 Å². The van der Waals surface area contributed by atoms with Crippen molar-refractivity contribution in [3.05, 3.63) is 48.2 Å². The molecular weight excluding hydrogens is 296 g/mol. The van der Waals surface area contributed by atoms with E-state index < -0.39 is 18.0 Å². The number of allylic oxidation sites excluding steroid dienone is 1. The van der Waals surface area contributed by atoms with Crippen LogP contribution in [0.2, 0.25) is 0 Å². The zero-order valence-corrected chi connectivity index (χ0v) is 12.9. The number of hydrogen-bond acceptors (Lipinski definition) is 5. The summed E-state index contributed by atoms with van der Waals surface area (Å²) in [6.45, 7) is 1.94. The number of nitrogens with two attached hydrogens (primary N) is 1. The van der Waals surface area contributed by atoms with E-state index in [2.05, 4.69) is 10.3 Å². The van der Waals surface area contributed by atoms with E-state index in [9.17, 15) is 9.59 Å². The van der Waals surface area contributed by atoms with Crippen molar-refractivity contribution in [1.29, 1.82) is 0 Å². The maximum absolute atomic E-state index is 12.4. The van der Waals surface area contributed by atoms with Gasteiger partial charge >= 0.3 is 12.0 Å². The molecule has 2 rings (SSSR count). The Morgan fingerprint density at radius 1 is 1.39 bits per heavy atom. The largest absolute Gasteiger partial charge is 0.354 e. The number of carbonyl (C=O) groups is 2. The molecule has 7 heteroatoms. The molecule has 0 bridgehead atoms. The molecule has 0 aliphatic carbocycles. The predicted octanol–water partition coefficient (Wildman–Crippen LogP) is 1.36. The number of rotatable bonds is 6. The maximum atomic E-state index is 12.4. The smallest absolute Gasteiger partial charge is 0.352 e. The molecule has 1 aliphatic rings. The van der Waals surface area contributed by atoms with Gasteiger partial charge in [0.1, 0.15) is 6.04 Å². The Labute approximate surface area is 134 Å². The summed E-state index contributed by atoms with van der Waals surface area (Å²) in [6, 6.07) is 7.68. The normalized spacial score (nSPS) is 17.6. The molecule has 0 spiro atoms. The van der Waals surface area contributed by atoms with E-state index in [1.807, 2.05) is 37.3 Å². The first kappa shape index (κ1) is 16.5. The minimum Gasteiger partial charge on any atom is -0.352 e. The number of hydrogen-bond donors (Lipinski definition) is 2. The molecule has 0 fully saturated rings. The lowest BCUT2D eigenvalue weighted by Crippen LogP contribution is -2.48. The van der Waals surface area contributed by atoms with Crippen LogP contribution in [0.4, 0.5) is 4.79 Å². The molecule has 1 aromatic rings. The Morgan fingerprint density at radius 2 is 2.13 bits per heavy atom. The number of primary amides is 1. The van der Waals surface area contributed by atoms with Crippen LogP contribution < -0.4 is 11.1 Å². The summed E-state index contributed by atoms with van der Waals surface area (Å²) in [5.41, 5.74) is 6.05. The van der Waals surface area contributed by atoms with E-state index in [1.54, 1.807) is 18.5 Å². The van der Waals surface area contributed by atoms with E-state index in [4.69, 9.17) is 10.6 Å². The molecule has 2 unspecified atom stereocenters. The van der Waals surface area contributed by atoms with Crippen LogP contribution in [0, 0.1) is 0 Å². The monoisotopic (exact) mass is 316 g/mol. The van der Waals surface area contributed by atoms with Gasteiger partial charge in [0.25, 0.3) is 0 Å². The van der Waals surface area contributed by atoms with Crippen LogP contribution in [-0.2, 0) is 16.1 Å². The van der Waals surface area contributed by atoms with Crippen LogP contribution in [0.1, 0.15) is 18.9 Å². The molecule has 1 heterocycles. The summed E-state index contributed by atoms with van der Waals surface area (Å²) in [4.78, 5) is 33.1. The summed E-state index contributed by atoms with van der Waals surface area (Å²) in [5, 5.41) is 3.80. The van der Waals surface area contributed by atoms with Gasteiger partial charge in [0.2, 0.25) is 0 Å². The minimum absolute atomic E-state index is 0.269. The quantitative estimate of drug-likeness (QED) is 0.828. The van der Waals surface area contributed by atoms with Crippen LogP contribution in [0.15, 0.2) is 47.6 Å². The Morgan fingerprint density at radius 3 is 2.78 bits per heavy atom. The van der Waals surface area contributed by atoms with Gasteiger partial charge in [-0.05, 0) is 18.1 Å². The molecule has 7 nitrogen and oxygen atoms in total. The van der Waals surface area contributed by atoms with Gasteiger partial charge in [-0.3, -0.25) is 4.99 Å². The van der Waals surface area contributed by atoms with Gasteiger partial charge in [-0.15, -0.1) is 0 Å². The third-order valence-corrected chi connectivity index (χ3v) is 3.32. The molecule has 1 aromatic carbocycles. The number of benzene rings is 1. The third kappa shape index (κ3) is 4.84. The van der Waals surface area contributed by atoms with Crippen LogP contribution in [0.5, 0.6) is 0 Å². The lowest BCUT2D eigenvalue weighted by molar-refractivity contribution is -0.189. The minimum atomic E-state index is -0.869. The molecular formula is C16H20N4O3. The van der Waals surface area contributed by atoms with Crippen molar-refractivity contribution in [2.45, 2.75) is 32.0 Å². The number of hydroxylamine groups is 2. The lowest BCUT2D eigenvalue weighted by atomic mass is 10.1. The van der Waals surface area contributed by atoms with Crippen molar-refractivity contribution < 1.29 is 14.4 Å². The Hall–Kier alpha value is -2.83. The second-order valence-electron chi connectivity index (χ2n) is 5.05. The Kier molecular flexibility index (Phi) is 5.74. The van der Waals surface area contributed by atoms with Gasteiger partial charge in [0.05, 0.1) is 0 Å². The summed E-state index contributed by atoms with van der Waals surface area (Å²) < 4.78 is 0. The fourth-order valence-electron chi connectivity index (χ4n) is 2.20. The van der Waals surface area contributed by atoms with Gasteiger partial charge in [0, 0.05) is 18.8 Å². The maximum Gasteiger partial charge on any atom is 0.354 e. The van der Waals surface area contributed by atoms with Crippen molar-refractivity contribution in [3.8, 4) is 0 Å². The van der Waals surface area contributed by atoms with E-state index in [1.165, 1.54) is 5.06 Å². The van der Waals surface area contributed by atoms with Crippen molar-refractivity contribution in [1.82, 2.24) is 10.4 Å². The van der Waals surface area contributed by atoms with E-state index >= 15 is 0 Å². The number of nitrogens with one attached hydrogen (secondary N) is 1. The van der Waals surface area contributed by atoms with Crippen molar-refractivity contribution in [2.75, 3.05) is 0 Å². The SMILES string of the molecule is CCC1N=CC=CN1OC(=O)C(Cc1ccccc1)NC(N)=O. The molecule has 3 N–H and O–H groups in total. The molecule has 23 heavy (non-hydrogen) atoms. The molecule has 2 atom stereocenters. The highest BCUT2D eigenvalue weighted by atomic mass is 16.7. The molecule has 0 aromatic heterocycles. The van der Waals surface area contributed by atoms with Crippen molar-refractivity contribution >= 4 is 18.2 Å². The molecule has 0 radical (unpaired) electrons. The highest BCUT2D eigenvalue weighted by molar-refractivity contribution is 5.83. The second kappa shape index (κ2) is 7.98. The van der Waals surface area contributed by atoms with Gasteiger partial charge in [-0.25, -0.2) is 9.59 Å². The second-order valence-corrected chi connectivity index (χ2v) is 5.05. The van der Waals surface area contributed by atoms with Gasteiger partial charge in [0.15, 0.2) is 6.17 Å². The Balaban J connectivity index is 2.05. The van der Waals surface area contributed by atoms with Crippen LogP contribution >= 0.6 is 0 Å². The standard InChI is InChI=1S/C16H20N4O3/c1-2-14-18-9-6-10-20(14)23-15(21)13(19-16(17)22)11-12-7-4-3-5-8-12/h3-10,13-14H,2,11H2,1H3,(H3,17,19,22). The van der Waals surface area contributed by atoms with E-state index in [-0.39, 0.29) is 6.17 Å². The fraction of sp³-hybridized carbons (Fsp3) is 0.312. The molecule has 0 saturated carbocycles. The van der Waals surface area contributed by atoms with Crippen molar-refractivity contribution in [3.63, 3.8) is 0 Å². The zero-order valence-electron chi connectivity index (χ0n) is 12.9. The van der Waals surface area contributed by atoms with Crippen LogP contribution in [-0.4, -0.2) is 35.5 Å². The average molecular weight is 316 g/mol. The number of urea groups is 1. The van der Waals surface area contributed by atoms with Gasteiger partial charge in [-0.1, -0.05) is 37.3 Å². The highest BCUT2D eigenvalue weighted by Gasteiger charge is 2.26. The summed E-state index contributed by atoms with van der Waals surface area (Å²) >= 11 is 0. The number of amides is 2. The summed E-state index contributed by atoms with van der Waals surface area (Å²) in [7, 11) is 0. The number of carbonyl (C=O) groups excluding carboxylic acids is 2. The fourth-order valence-corrected chi connectivity index (χ4v) is 2.20. The summed E-state index contributed by atoms with van der Waals surface area (Å²) in [5.74, 6) is -0.590. The average Bonchev–Trinajstić information content (AvgIpc) is 2.55. The number of nitrogens with zero attached hydrogens (tertiary/aromatic N) is 2. The third-order valence-electron chi connectivity index (χ3n) is 3.32. The summed E-state index contributed by atoms with van der Waals surface area (Å²) in [6.07, 6.45) is 5.66. The lowest BCUT2D eigenvalue weighted by Gasteiger charge is -2.28. The topological polar surface area (TPSA) is 97.0 Å². The van der Waals surface area contributed by atoms with Gasteiger partial charge < -0.3 is 15.9 Å². The Bertz CT molecular complexity index is 601. The zero-order chi connectivity index (χ0) is 16.7. The molecule has 1 aliphatic heterocycles. The van der Waals surface area contributed by atoms with E-state index in [0.717, 1.165) is 5.56 Å². The predicted molar refractivity (Wildman–Crippen MR) is 86.3 cm³/mol. The van der Waals surface area contributed by atoms with Crippen LogP contribution in [0.3, 0.4) is 0 Å². The first-order chi connectivity index (χ1) is 11.1. The highest BCUT2D eigenvalue weighted by Crippen LogP contribution is 2.13. The van der Waals surface area contributed by atoms with Crippen LogP contribution in [0.25, 0.3) is 0 Å². The van der Waals surface area contributed by atoms with E-state index in [0.29, 0.717) is 12.8 Å². The first-order valence-corrected chi connectivity index (χ1v) is 7.40.